The third-order valence-corrected chi connectivity index (χ3v) is 2.68. The summed E-state index contributed by atoms with van der Waals surface area (Å²) in [7, 11) is 0. The molecule has 74 valence electrons. The molecule has 0 saturated carbocycles. The van der Waals surface area contributed by atoms with Gasteiger partial charge in [0.05, 0.1) is 5.70 Å². The minimum absolute atomic E-state index is 0.00602. The molecule has 0 aromatic carbocycles. The zero-order chi connectivity index (χ0) is 10.1. The van der Waals surface area contributed by atoms with Crippen LogP contribution in [0.1, 0.15) is 19.8 Å². The smallest absolute Gasteiger partial charge is 0.205 e. The molecule has 0 spiro atoms. The molecule has 1 aliphatic heterocycles. The lowest BCUT2D eigenvalue weighted by Gasteiger charge is -2.22. The van der Waals surface area contributed by atoms with Gasteiger partial charge in [-0.15, -0.1) is 0 Å². The van der Waals surface area contributed by atoms with Gasteiger partial charge in [-0.3, -0.25) is 9.59 Å². The number of carbonyl (C=O) groups is 2. The number of carbonyl (C=O) groups excluding carboxylic acids is 2. The minimum Gasteiger partial charge on any atom is -0.368 e. The summed E-state index contributed by atoms with van der Waals surface area (Å²) in [5.41, 5.74) is 1.15. The molecule has 1 aliphatic carbocycles. The van der Waals surface area contributed by atoms with Crippen LogP contribution in [0, 0.1) is 0 Å². The molecule has 2 rings (SSSR count). The predicted octanol–water partition coefficient (Wildman–Crippen LogP) is 1.06. The Hall–Kier alpha value is -1.38. The van der Waals surface area contributed by atoms with E-state index in [0.717, 1.165) is 25.9 Å². The van der Waals surface area contributed by atoms with E-state index in [1.807, 2.05) is 4.90 Å². The van der Waals surface area contributed by atoms with Crippen LogP contribution in [0.4, 0.5) is 0 Å². The Kier molecular flexibility index (Phi) is 2.23. The molecule has 3 nitrogen and oxygen atoms in total. The molecule has 0 atom stereocenters. The highest BCUT2D eigenvalue weighted by Gasteiger charge is 2.25. The Morgan fingerprint density at radius 1 is 1.14 bits per heavy atom. The summed E-state index contributed by atoms with van der Waals surface area (Å²) in [4.78, 5) is 25.0. The molecule has 0 amide bonds. The molecule has 3 heteroatoms. The molecular formula is C11H13NO2. The van der Waals surface area contributed by atoms with Crippen LogP contribution in [0.25, 0.3) is 0 Å². The van der Waals surface area contributed by atoms with Gasteiger partial charge in [0.15, 0.2) is 5.78 Å². The molecule has 0 bridgehead atoms. The van der Waals surface area contributed by atoms with E-state index in [-0.39, 0.29) is 11.6 Å². The van der Waals surface area contributed by atoms with Gasteiger partial charge < -0.3 is 4.90 Å². The molecule has 0 radical (unpaired) electrons. The maximum atomic E-state index is 11.7. The quantitative estimate of drug-likeness (QED) is 0.582. The molecule has 0 aromatic rings. The molecular weight excluding hydrogens is 178 g/mol. The number of hydrogen-bond donors (Lipinski definition) is 0. The second-order valence-corrected chi connectivity index (χ2v) is 3.78. The Morgan fingerprint density at radius 2 is 1.79 bits per heavy atom. The highest BCUT2D eigenvalue weighted by Crippen LogP contribution is 2.20. The van der Waals surface area contributed by atoms with E-state index in [1.54, 1.807) is 6.92 Å². The maximum Gasteiger partial charge on any atom is 0.205 e. The van der Waals surface area contributed by atoms with Gasteiger partial charge in [-0.05, 0) is 25.8 Å². The third kappa shape index (κ3) is 1.50. The lowest BCUT2D eigenvalue weighted by Crippen LogP contribution is -2.28. The lowest BCUT2D eigenvalue weighted by atomic mass is 10.0. The second kappa shape index (κ2) is 3.40. The fourth-order valence-corrected chi connectivity index (χ4v) is 1.92. The van der Waals surface area contributed by atoms with Gasteiger partial charge >= 0.3 is 0 Å². The number of allylic oxidation sites excluding steroid dienone is 3. The van der Waals surface area contributed by atoms with Gasteiger partial charge in [0.2, 0.25) is 5.78 Å². The van der Waals surface area contributed by atoms with Crippen molar-refractivity contribution in [1.29, 1.82) is 0 Å². The monoisotopic (exact) mass is 191 g/mol. The summed E-state index contributed by atoms with van der Waals surface area (Å²) >= 11 is 0. The minimum atomic E-state index is -0.0657. The summed E-state index contributed by atoms with van der Waals surface area (Å²) < 4.78 is 0. The number of ketones is 2. The van der Waals surface area contributed by atoms with Crippen molar-refractivity contribution >= 4 is 11.6 Å². The van der Waals surface area contributed by atoms with Crippen LogP contribution in [0.15, 0.2) is 23.4 Å². The molecule has 14 heavy (non-hydrogen) atoms. The van der Waals surface area contributed by atoms with Crippen LogP contribution in [-0.4, -0.2) is 29.6 Å². The van der Waals surface area contributed by atoms with E-state index >= 15 is 0 Å². The van der Waals surface area contributed by atoms with Gasteiger partial charge in [-0.25, -0.2) is 0 Å². The van der Waals surface area contributed by atoms with Crippen LogP contribution in [0.2, 0.25) is 0 Å². The van der Waals surface area contributed by atoms with Gasteiger partial charge in [0.1, 0.15) is 0 Å². The summed E-state index contributed by atoms with van der Waals surface area (Å²) in [6.45, 7) is 3.50. The van der Waals surface area contributed by atoms with Crippen molar-refractivity contribution in [2.45, 2.75) is 19.8 Å². The normalized spacial score (nSPS) is 22.5. The molecule has 1 heterocycles. The van der Waals surface area contributed by atoms with Crippen molar-refractivity contribution in [1.82, 2.24) is 4.90 Å². The second-order valence-electron chi connectivity index (χ2n) is 3.78. The van der Waals surface area contributed by atoms with Gasteiger partial charge in [-0.1, -0.05) is 0 Å². The van der Waals surface area contributed by atoms with E-state index in [0.29, 0.717) is 11.3 Å². The van der Waals surface area contributed by atoms with Crippen molar-refractivity contribution in [2.75, 3.05) is 13.1 Å². The number of hydrogen-bond acceptors (Lipinski definition) is 3. The summed E-state index contributed by atoms with van der Waals surface area (Å²) in [5.74, 6) is -0.0597. The van der Waals surface area contributed by atoms with Crippen molar-refractivity contribution in [3.63, 3.8) is 0 Å². The molecule has 1 fully saturated rings. The van der Waals surface area contributed by atoms with E-state index in [9.17, 15) is 9.59 Å². The fourth-order valence-electron chi connectivity index (χ4n) is 1.92. The van der Waals surface area contributed by atoms with Crippen molar-refractivity contribution in [2.24, 2.45) is 0 Å². The first-order valence-corrected chi connectivity index (χ1v) is 4.92. The zero-order valence-corrected chi connectivity index (χ0v) is 8.25. The van der Waals surface area contributed by atoms with Crippen LogP contribution in [0.5, 0.6) is 0 Å². The van der Waals surface area contributed by atoms with Crippen molar-refractivity contribution in [3.8, 4) is 0 Å². The number of rotatable bonds is 1. The van der Waals surface area contributed by atoms with Crippen LogP contribution < -0.4 is 0 Å². The number of nitrogens with zero attached hydrogens (tertiary/aromatic N) is 1. The van der Waals surface area contributed by atoms with Crippen LogP contribution in [0.3, 0.4) is 0 Å². The van der Waals surface area contributed by atoms with Crippen molar-refractivity contribution < 1.29 is 9.59 Å². The SMILES string of the molecule is CC1=CC(=O)C=C(N2CCCC2)C1=O. The van der Waals surface area contributed by atoms with E-state index in [1.165, 1.54) is 12.2 Å². The van der Waals surface area contributed by atoms with Crippen LogP contribution in [-0.2, 0) is 9.59 Å². The molecule has 0 aromatic heterocycles. The molecule has 0 unspecified atom stereocenters. The van der Waals surface area contributed by atoms with E-state index < -0.39 is 0 Å². The first-order chi connectivity index (χ1) is 6.68. The Bertz CT molecular complexity index is 346. The Labute approximate surface area is 83.1 Å². The first-order valence-electron chi connectivity index (χ1n) is 4.92. The average Bonchev–Trinajstić information content (AvgIpc) is 2.63. The summed E-state index contributed by atoms with van der Waals surface area (Å²) in [6.07, 6.45) is 5.09. The van der Waals surface area contributed by atoms with E-state index in [4.69, 9.17) is 0 Å². The third-order valence-electron chi connectivity index (χ3n) is 2.68. The largest absolute Gasteiger partial charge is 0.368 e. The fraction of sp³-hybridized carbons (Fsp3) is 0.455. The zero-order valence-electron chi connectivity index (χ0n) is 8.25. The topological polar surface area (TPSA) is 37.4 Å². The highest BCUT2D eigenvalue weighted by atomic mass is 16.1. The Balaban J connectivity index is 2.26. The summed E-state index contributed by atoms with van der Waals surface area (Å²) in [5, 5.41) is 0. The highest BCUT2D eigenvalue weighted by molar-refractivity contribution is 6.19. The van der Waals surface area contributed by atoms with Crippen molar-refractivity contribution in [3.05, 3.63) is 23.4 Å². The number of Topliss-reactive ketones (excluding diaryl/α,β-unsaturated/α-hetero) is 1. The predicted molar refractivity (Wildman–Crippen MR) is 52.7 cm³/mol. The summed E-state index contributed by atoms with van der Waals surface area (Å²) in [6, 6.07) is 0. The van der Waals surface area contributed by atoms with Gasteiger partial charge in [-0.2, -0.15) is 0 Å². The Morgan fingerprint density at radius 3 is 2.43 bits per heavy atom. The lowest BCUT2D eigenvalue weighted by molar-refractivity contribution is -0.116. The van der Waals surface area contributed by atoms with E-state index in [2.05, 4.69) is 0 Å². The van der Waals surface area contributed by atoms with Gasteiger partial charge in [0.25, 0.3) is 0 Å². The number of likely N-dealkylation sites (tertiary alicyclic amines) is 1. The standard InChI is InChI=1S/C11H13NO2/c1-8-6-9(13)7-10(11(8)14)12-4-2-3-5-12/h6-7H,2-5H2,1H3. The first kappa shape index (κ1) is 9.19. The molecule has 0 N–H and O–H groups in total. The average molecular weight is 191 g/mol. The molecule has 1 saturated heterocycles. The van der Waals surface area contributed by atoms with Crippen LogP contribution >= 0.6 is 0 Å². The molecule has 2 aliphatic rings. The maximum absolute atomic E-state index is 11.7. The van der Waals surface area contributed by atoms with Gasteiger partial charge in [0, 0.05) is 24.7 Å².